The van der Waals surface area contributed by atoms with E-state index in [1.165, 1.54) is 0 Å². The lowest BCUT2D eigenvalue weighted by Crippen LogP contribution is -2.45. The van der Waals surface area contributed by atoms with Gasteiger partial charge in [-0.25, -0.2) is 4.79 Å². The number of rotatable bonds is 3. The van der Waals surface area contributed by atoms with E-state index in [1.54, 1.807) is 0 Å². The lowest BCUT2D eigenvalue weighted by atomic mass is 9.88. The van der Waals surface area contributed by atoms with Gasteiger partial charge >= 0.3 is 5.69 Å². The van der Waals surface area contributed by atoms with Crippen LogP contribution in [0.15, 0.2) is 23.0 Å². The second-order valence-corrected chi connectivity index (χ2v) is 5.09. The molecule has 1 aromatic carbocycles. The van der Waals surface area contributed by atoms with E-state index in [4.69, 9.17) is 0 Å². The van der Waals surface area contributed by atoms with E-state index in [0.717, 1.165) is 29.4 Å². The first-order valence-electron chi connectivity index (χ1n) is 6.28. The van der Waals surface area contributed by atoms with Crippen molar-refractivity contribution in [1.29, 1.82) is 0 Å². The molecule has 1 aliphatic rings. The third kappa shape index (κ3) is 2.07. The van der Waals surface area contributed by atoms with Crippen molar-refractivity contribution in [3.8, 4) is 0 Å². The van der Waals surface area contributed by atoms with Crippen LogP contribution in [0.4, 0.5) is 0 Å². The van der Waals surface area contributed by atoms with Crippen molar-refractivity contribution in [2.75, 3.05) is 0 Å². The molecule has 1 fully saturated rings. The summed E-state index contributed by atoms with van der Waals surface area (Å²) in [6.07, 6.45) is 1.51. The summed E-state index contributed by atoms with van der Waals surface area (Å²) in [6.45, 7) is 2.09. The molecule has 1 unspecified atom stereocenters. The number of aromatic nitrogens is 2. The van der Waals surface area contributed by atoms with E-state index in [-0.39, 0.29) is 17.8 Å². The predicted molar refractivity (Wildman–Crippen MR) is 69.5 cm³/mol. The number of aliphatic hydroxyl groups is 1. The highest BCUT2D eigenvalue weighted by atomic mass is 16.3. The Balaban J connectivity index is 1.78. The molecule has 0 saturated heterocycles. The number of nitrogens with one attached hydrogen (secondary N) is 3. The number of aromatic amines is 2. The van der Waals surface area contributed by atoms with Gasteiger partial charge in [0, 0.05) is 12.1 Å². The fourth-order valence-corrected chi connectivity index (χ4v) is 2.49. The molecule has 4 N–H and O–H groups in total. The van der Waals surface area contributed by atoms with E-state index in [9.17, 15) is 9.90 Å². The van der Waals surface area contributed by atoms with Gasteiger partial charge in [-0.3, -0.25) is 0 Å². The Morgan fingerprint density at radius 2 is 2.06 bits per heavy atom. The van der Waals surface area contributed by atoms with E-state index >= 15 is 0 Å². The molecule has 5 nitrogen and oxygen atoms in total. The zero-order valence-corrected chi connectivity index (χ0v) is 10.2. The SMILES string of the molecule is CC(NC1CC(O)C1)c1ccc2[nH]c(=O)[nH]c2c1. The van der Waals surface area contributed by atoms with Gasteiger partial charge in [0.25, 0.3) is 0 Å². The quantitative estimate of drug-likeness (QED) is 0.654. The standard InChI is InChI=1S/C13H17N3O2/c1-7(14-9-5-10(17)6-9)8-2-3-11-12(4-8)16-13(18)15-11/h2-4,7,9-10,14,17H,5-6H2,1H3,(H2,15,16,18). The van der Waals surface area contributed by atoms with E-state index < -0.39 is 0 Å². The van der Waals surface area contributed by atoms with Crippen LogP contribution in [0.2, 0.25) is 0 Å². The predicted octanol–water partition coefficient (Wildman–Crippen LogP) is 1.03. The van der Waals surface area contributed by atoms with Crippen LogP contribution in [0, 0.1) is 0 Å². The molecule has 5 heteroatoms. The highest BCUT2D eigenvalue weighted by Crippen LogP contribution is 2.24. The molecule has 1 heterocycles. The Labute approximate surface area is 104 Å². The van der Waals surface area contributed by atoms with Crippen molar-refractivity contribution < 1.29 is 5.11 Å². The number of H-pyrrole nitrogens is 2. The van der Waals surface area contributed by atoms with E-state index in [0.29, 0.717) is 6.04 Å². The summed E-state index contributed by atoms with van der Waals surface area (Å²) >= 11 is 0. The molecule has 96 valence electrons. The highest BCUT2D eigenvalue weighted by molar-refractivity contribution is 5.75. The van der Waals surface area contributed by atoms with Crippen molar-refractivity contribution in [2.24, 2.45) is 0 Å². The topological polar surface area (TPSA) is 80.9 Å². The van der Waals surface area contributed by atoms with Gasteiger partial charge in [-0.15, -0.1) is 0 Å². The summed E-state index contributed by atoms with van der Waals surface area (Å²) in [5, 5.41) is 12.7. The number of fused-ring (bicyclic) bond motifs is 1. The Morgan fingerprint density at radius 1 is 1.33 bits per heavy atom. The fourth-order valence-electron chi connectivity index (χ4n) is 2.49. The number of hydrogen-bond acceptors (Lipinski definition) is 3. The molecule has 0 radical (unpaired) electrons. The van der Waals surface area contributed by atoms with E-state index in [2.05, 4.69) is 22.2 Å². The maximum absolute atomic E-state index is 11.2. The van der Waals surface area contributed by atoms with Crippen molar-refractivity contribution in [3.05, 3.63) is 34.2 Å². The van der Waals surface area contributed by atoms with Gasteiger partial charge in [0.15, 0.2) is 0 Å². The molecule has 3 rings (SSSR count). The molecule has 1 aliphatic carbocycles. The number of hydrogen-bond donors (Lipinski definition) is 4. The summed E-state index contributed by atoms with van der Waals surface area (Å²) < 4.78 is 0. The van der Waals surface area contributed by atoms with Crippen LogP contribution in [-0.4, -0.2) is 27.2 Å². The van der Waals surface area contributed by atoms with Crippen molar-refractivity contribution in [2.45, 2.75) is 38.0 Å². The zero-order valence-electron chi connectivity index (χ0n) is 10.2. The van der Waals surface area contributed by atoms with Crippen LogP contribution in [0.3, 0.4) is 0 Å². The summed E-state index contributed by atoms with van der Waals surface area (Å²) in [7, 11) is 0. The summed E-state index contributed by atoms with van der Waals surface area (Å²) in [6, 6.07) is 6.52. The van der Waals surface area contributed by atoms with E-state index in [1.807, 2.05) is 18.2 Å². The summed E-state index contributed by atoms with van der Waals surface area (Å²) in [5.74, 6) is 0. The largest absolute Gasteiger partial charge is 0.393 e. The van der Waals surface area contributed by atoms with Crippen LogP contribution >= 0.6 is 0 Å². The van der Waals surface area contributed by atoms with Gasteiger partial charge < -0.3 is 20.4 Å². The van der Waals surface area contributed by atoms with Crippen molar-refractivity contribution >= 4 is 11.0 Å². The normalized spacial score (nSPS) is 25.0. The van der Waals surface area contributed by atoms with Gasteiger partial charge in [0.1, 0.15) is 0 Å². The average Bonchev–Trinajstić information content (AvgIpc) is 2.65. The molecular formula is C13H17N3O2. The maximum Gasteiger partial charge on any atom is 0.323 e. The van der Waals surface area contributed by atoms with Gasteiger partial charge in [0.05, 0.1) is 17.1 Å². The Bertz CT molecular complexity index is 610. The van der Waals surface area contributed by atoms with Crippen molar-refractivity contribution in [3.63, 3.8) is 0 Å². The molecular weight excluding hydrogens is 230 g/mol. The molecule has 18 heavy (non-hydrogen) atoms. The zero-order chi connectivity index (χ0) is 12.7. The first-order valence-corrected chi connectivity index (χ1v) is 6.28. The number of aliphatic hydroxyl groups excluding tert-OH is 1. The molecule has 0 amide bonds. The average molecular weight is 247 g/mol. The number of benzene rings is 1. The molecule has 1 aromatic heterocycles. The van der Waals surface area contributed by atoms with Gasteiger partial charge in [-0.1, -0.05) is 6.07 Å². The highest BCUT2D eigenvalue weighted by Gasteiger charge is 2.28. The van der Waals surface area contributed by atoms with Crippen LogP contribution in [0.5, 0.6) is 0 Å². The second kappa shape index (κ2) is 4.26. The van der Waals surface area contributed by atoms with Crippen LogP contribution in [0.25, 0.3) is 11.0 Å². The molecule has 0 spiro atoms. The first kappa shape index (κ1) is 11.5. The van der Waals surface area contributed by atoms with Gasteiger partial charge in [-0.2, -0.15) is 0 Å². The summed E-state index contributed by atoms with van der Waals surface area (Å²) in [4.78, 5) is 16.7. The summed E-state index contributed by atoms with van der Waals surface area (Å²) in [5.41, 5.74) is 2.62. The second-order valence-electron chi connectivity index (χ2n) is 5.09. The molecule has 0 aliphatic heterocycles. The first-order chi connectivity index (χ1) is 8.61. The van der Waals surface area contributed by atoms with Crippen LogP contribution in [0.1, 0.15) is 31.4 Å². The fraction of sp³-hybridized carbons (Fsp3) is 0.462. The Hall–Kier alpha value is -1.59. The van der Waals surface area contributed by atoms with Crippen molar-refractivity contribution in [1.82, 2.24) is 15.3 Å². The minimum absolute atomic E-state index is 0.141. The minimum atomic E-state index is -0.176. The molecule has 1 atom stereocenters. The van der Waals surface area contributed by atoms with Crippen LogP contribution in [-0.2, 0) is 0 Å². The maximum atomic E-state index is 11.2. The van der Waals surface area contributed by atoms with Gasteiger partial charge in [0.2, 0.25) is 0 Å². The Kier molecular flexibility index (Phi) is 2.72. The van der Waals surface area contributed by atoms with Gasteiger partial charge in [-0.05, 0) is 37.5 Å². The Morgan fingerprint density at radius 3 is 2.78 bits per heavy atom. The molecule has 2 aromatic rings. The lowest BCUT2D eigenvalue weighted by Gasteiger charge is -2.34. The molecule has 0 bridgehead atoms. The van der Waals surface area contributed by atoms with Crippen LogP contribution < -0.4 is 11.0 Å². The monoisotopic (exact) mass is 247 g/mol. The lowest BCUT2D eigenvalue weighted by molar-refractivity contribution is 0.0586. The smallest absolute Gasteiger partial charge is 0.323 e. The minimum Gasteiger partial charge on any atom is -0.393 e. The third-order valence-electron chi connectivity index (χ3n) is 3.64. The molecule has 1 saturated carbocycles. The third-order valence-corrected chi connectivity index (χ3v) is 3.64. The number of imidazole rings is 1.